The van der Waals surface area contributed by atoms with Crippen LogP contribution in [-0.4, -0.2) is 67.8 Å². The molecule has 1 aromatic rings. The molecule has 1 aliphatic rings. The summed E-state index contributed by atoms with van der Waals surface area (Å²) in [5, 5.41) is 3.37. The quantitative estimate of drug-likeness (QED) is 0.364. The average Bonchev–Trinajstić information content (AvgIpc) is 2.74. The van der Waals surface area contributed by atoms with Crippen molar-refractivity contribution in [3.8, 4) is 0 Å². The van der Waals surface area contributed by atoms with Crippen LogP contribution in [0.5, 0.6) is 0 Å². The highest BCUT2D eigenvalue weighted by Gasteiger charge is 2.23. The highest BCUT2D eigenvalue weighted by Crippen LogP contribution is 2.20. The van der Waals surface area contributed by atoms with Gasteiger partial charge in [0, 0.05) is 32.4 Å². The van der Waals surface area contributed by atoms with Crippen molar-refractivity contribution in [1.29, 1.82) is 0 Å². The fraction of sp³-hybridized carbons (Fsp3) is 0.727. The van der Waals surface area contributed by atoms with Crippen molar-refractivity contribution in [3.63, 3.8) is 0 Å². The van der Waals surface area contributed by atoms with Crippen molar-refractivity contribution in [1.82, 2.24) is 9.88 Å². The highest BCUT2D eigenvalue weighted by molar-refractivity contribution is 5.63. The lowest BCUT2D eigenvalue weighted by Crippen LogP contribution is -2.45. The predicted octanol–water partition coefficient (Wildman–Crippen LogP) is 2.75. The van der Waals surface area contributed by atoms with Crippen molar-refractivity contribution in [2.45, 2.75) is 63.6 Å². The van der Waals surface area contributed by atoms with E-state index in [1.165, 1.54) is 12.7 Å². The Morgan fingerprint density at radius 3 is 2.97 bits per heavy atom. The maximum absolute atomic E-state index is 14.1. The third-order valence-corrected chi connectivity index (χ3v) is 5.70. The van der Waals surface area contributed by atoms with E-state index in [1.54, 1.807) is 0 Å². The lowest BCUT2D eigenvalue weighted by Gasteiger charge is -2.28. The summed E-state index contributed by atoms with van der Waals surface area (Å²) < 4.78 is 19.0. The molecule has 0 saturated carbocycles. The molecule has 1 aromatic heterocycles. The van der Waals surface area contributed by atoms with Crippen LogP contribution in [0.2, 0.25) is 0 Å². The Morgan fingerprint density at radius 2 is 2.24 bits per heavy atom. The van der Waals surface area contributed by atoms with E-state index in [0.717, 1.165) is 63.0 Å². The molecule has 3 N–H and O–H groups in total. The summed E-state index contributed by atoms with van der Waals surface area (Å²) in [6, 6.07) is 4.30. The number of hydrogen-bond donors (Lipinski definition) is 2. The number of nitrogens with two attached hydrogens (primary N) is 1. The van der Waals surface area contributed by atoms with Crippen molar-refractivity contribution in [2.24, 2.45) is 5.73 Å². The second-order valence-corrected chi connectivity index (χ2v) is 8.11. The lowest BCUT2D eigenvalue weighted by atomic mass is 9.95. The number of ether oxygens (including phenoxy) is 1. The molecule has 0 saturated heterocycles. The Labute approximate surface area is 174 Å². The Morgan fingerprint density at radius 1 is 1.41 bits per heavy atom. The SMILES string of the molecule is CC[C@](N)(C=O)CCN(CCCCc1ccc2c(n1)NCCC2)C[C@H](F)COC. The topological polar surface area (TPSA) is 80.5 Å². The zero-order valence-corrected chi connectivity index (χ0v) is 18.0. The molecule has 0 unspecified atom stereocenters. The molecule has 1 aliphatic heterocycles. The van der Waals surface area contributed by atoms with Crippen molar-refractivity contribution in [3.05, 3.63) is 23.4 Å². The van der Waals surface area contributed by atoms with Gasteiger partial charge in [-0.1, -0.05) is 13.0 Å². The lowest BCUT2D eigenvalue weighted by molar-refractivity contribution is -0.112. The number of halogens is 1. The number of aldehydes is 1. The monoisotopic (exact) mass is 408 g/mol. The first-order chi connectivity index (χ1) is 14.0. The number of pyridine rings is 1. The Kier molecular flexibility index (Phi) is 9.97. The Balaban J connectivity index is 1.82. The molecular weight excluding hydrogens is 371 g/mol. The normalized spacial score (nSPS) is 16.7. The van der Waals surface area contributed by atoms with Gasteiger partial charge < -0.3 is 25.5 Å². The van der Waals surface area contributed by atoms with Crippen LogP contribution < -0.4 is 11.1 Å². The van der Waals surface area contributed by atoms with Crippen LogP contribution in [-0.2, 0) is 22.4 Å². The van der Waals surface area contributed by atoms with Gasteiger partial charge in [0.2, 0.25) is 0 Å². The van der Waals surface area contributed by atoms with E-state index in [1.807, 2.05) is 6.92 Å². The van der Waals surface area contributed by atoms with Crippen molar-refractivity contribution < 1.29 is 13.9 Å². The number of fused-ring (bicyclic) bond motifs is 1. The number of alkyl halides is 1. The van der Waals surface area contributed by atoms with E-state index in [0.29, 0.717) is 25.9 Å². The number of nitrogens with zero attached hydrogens (tertiary/aromatic N) is 2. The van der Waals surface area contributed by atoms with Gasteiger partial charge in [-0.25, -0.2) is 9.37 Å². The number of carbonyl (C=O) groups is 1. The van der Waals surface area contributed by atoms with Gasteiger partial charge in [0.15, 0.2) is 0 Å². The minimum atomic E-state index is -1.04. The van der Waals surface area contributed by atoms with Crippen molar-refractivity contribution in [2.75, 3.05) is 45.2 Å². The predicted molar refractivity (Wildman–Crippen MR) is 115 cm³/mol. The number of carbonyl (C=O) groups excluding carboxylic acids is 1. The molecule has 0 aliphatic carbocycles. The fourth-order valence-corrected chi connectivity index (χ4v) is 3.64. The number of methoxy groups -OCH3 is 1. The van der Waals surface area contributed by atoms with Crippen LogP contribution in [0.25, 0.3) is 0 Å². The third-order valence-electron chi connectivity index (χ3n) is 5.70. The smallest absolute Gasteiger partial charge is 0.139 e. The standard InChI is InChI=1S/C22H37FN4O2/c1-3-22(24,17-28)11-14-27(15-19(23)16-29-2)13-5-4-8-20-10-9-18-7-6-12-25-21(18)26-20/h9-10,17,19H,3-8,11-16,24H2,1-2H3,(H,25,26)/t19-,22+/m0/s1. The Bertz CT molecular complexity index is 631. The molecule has 2 heterocycles. The first kappa shape index (κ1) is 23.7. The molecule has 0 radical (unpaired) electrons. The largest absolute Gasteiger partial charge is 0.382 e. The maximum atomic E-state index is 14.1. The van der Waals surface area contributed by atoms with E-state index >= 15 is 0 Å². The average molecular weight is 409 g/mol. The molecule has 0 amide bonds. The summed E-state index contributed by atoms with van der Waals surface area (Å²) in [4.78, 5) is 18.1. The van der Waals surface area contributed by atoms with Crippen LogP contribution in [0.15, 0.2) is 12.1 Å². The van der Waals surface area contributed by atoms with Gasteiger partial charge in [0.25, 0.3) is 0 Å². The third kappa shape index (κ3) is 7.99. The van der Waals surface area contributed by atoms with E-state index in [2.05, 4.69) is 22.3 Å². The number of rotatable bonds is 14. The molecule has 0 spiro atoms. The summed E-state index contributed by atoms with van der Waals surface area (Å²) in [7, 11) is 1.51. The van der Waals surface area contributed by atoms with Crippen molar-refractivity contribution >= 4 is 12.1 Å². The minimum Gasteiger partial charge on any atom is -0.382 e. The van der Waals surface area contributed by atoms with Gasteiger partial charge in [-0.2, -0.15) is 0 Å². The van der Waals surface area contributed by atoms with Crippen LogP contribution in [0.3, 0.4) is 0 Å². The summed E-state index contributed by atoms with van der Waals surface area (Å²) in [5.74, 6) is 1.03. The summed E-state index contributed by atoms with van der Waals surface area (Å²) >= 11 is 0. The van der Waals surface area contributed by atoms with E-state index in [9.17, 15) is 9.18 Å². The molecular formula is C22H37FN4O2. The molecule has 7 heteroatoms. The molecule has 0 aromatic carbocycles. The van der Waals surface area contributed by atoms with Gasteiger partial charge in [0.05, 0.1) is 12.1 Å². The molecule has 2 rings (SSSR count). The zero-order valence-electron chi connectivity index (χ0n) is 18.0. The number of hydrogen-bond acceptors (Lipinski definition) is 6. The van der Waals surface area contributed by atoms with E-state index in [-0.39, 0.29) is 6.61 Å². The van der Waals surface area contributed by atoms with Gasteiger partial charge >= 0.3 is 0 Å². The Hall–Kier alpha value is -1.57. The minimum absolute atomic E-state index is 0.0811. The second-order valence-electron chi connectivity index (χ2n) is 8.11. The summed E-state index contributed by atoms with van der Waals surface area (Å²) in [6.07, 6.45) is 5.98. The van der Waals surface area contributed by atoms with E-state index in [4.69, 9.17) is 15.5 Å². The maximum Gasteiger partial charge on any atom is 0.139 e. The van der Waals surface area contributed by atoms with Gasteiger partial charge in [0.1, 0.15) is 18.3 Å². The van der Waals surface area contributed by atoms with Crippen LogP contribution in [0, 0.1) is 0 Å². The van der Waals surface area contributed by atoms with Crippen LogP contribution in [0.4, 0.5) is 10.2 Å². The number of aromatic nitrogens is 1. The molecule has 6 nitrogen and oxygen atoms in total. The van der Waals surface area contributed by atoms with Crippen LogP contribution in [0.1, 0.15) is 50.3 Å². The molecule has 2 atom stereocenters. The van der Waals surface area contributed by atoms with Crippen LogP contribution >= 0.6 is 0 Å². The summed E-state index contributed by atoms with van der Waals surface area (Å²) in [6.45, 7) is 4.65. The number of unbranched alkanes of at least 4 members (excludes halogenated alkanes) is 1. The number of nitrogens with one attached hydrogen (secondary N) is 1. The molecule has 29 heavy (non-hydrogen) atoms. The zero-order chi connectivity index (χ0) is 21.1. The van der Waals surface area contributed by atoms with E-state index < -0.39 is 11.7 Å². The molecule has 0 bridgehead atoms. The molecule has 0 fully saturated rings. The highest BCUT2D eigenvalue weighted by atomic mass is 19.1. The van der Waals surface area contributed by atoms with Gasteiger partial charge in [-0.15, -0.1) is 0 Å². The number of aryl methyl sites for hydroxylation is 2. The first-order valence-corrected chi connectivity index (χ1v) is 10.8. The number of anilines is 1. The van der Waals surface area contributed by atoms with Gasteiger partial charge in [-0.3, -0.25) is 0 Å². The fourth-order valence-electron chi connectivity index (χ4n) is 3.64. The second kappa shape index (κ2) is 12.2. The molecule has 164 valence electrons. The first-order valence-electron chi connectivity index (χ1n) is 10.8. The van der Waals surface area contributed by atoms with Gasteiger partial charge in [-0.05, 0) is 63.1 Å². The summed E-state index contributed by atoms with van der Waals surface area (Å²) in [5.41, 5.74) is 7.66.